The van der Waals surface area contributed by atoms with Crippen molar-refractivity contribution < 1.29 is 14.4 Å². The first kappa shape index (κ1) is 46.6. The summed E-state index contributed by atoms with van der Waals surface area (Å²) in [6.45, 7) is 3.73. The molecule has 0 spiro atoms. The van der Waals surface area contributed by atoms with Crippen molar-refractivity contribution in [3.63, 3.8) is 0 Å². The van der Waals surface area contributed by atoms with Crippen LogP contribution in [0, 0.1) is 0 Å². The van der Waals surface area contributed by atoms with Crippen molar-refractivity contribution in [2.75, 3.05) is 56.7 Å². The van der Waals surface area contributed by atoms with E-state index >= 15 is 0 Å². The maximum atomic E-state index is 12.3. The molecule has 3 amide bonds. The number of nitrogens with one attached hydrogen (secondary N) is 6. The average molecular weight is 892 g/mol. The topological polar surface area (TPSA) is 216 Å². The van der Waals surface area contributed by atoms with Gasteiger partial charge in [0, 0.05) is 53.0 Å². The summed E-state index contributed by atoms with van der Waals surface area (Å²) in [6, 6.07) is 29.2. The molecule has 0 saturated heterocycles. The molecule has 0 unspecified atom stereocenters. The van der Waals surface area contributed by atoms with Gasteiger partial charge in [0.15, 0.2) is 0 Å². The number of hydrogen-bond donors (Lipinski definition) is 6. The van der Waals surface area contributed by atoms with Crippen LogP contribution in [0.2, 0.25) is 0 Å². The predicted molar refractivity (Wildman–Crippen MR) is 255 cm³/mol. The standard InChI is InChI=1S/C48H57N15O3/c1-49-22-4-7-46(64)52-40-16-10-37(11-17-40)43-31-61(58-55-43)28-34-25-35(29-62-32-44(56-59-62)38-12-18-41(19-13-38)53-47(65)8-5-23-50-2)27-36(26-34)30-63-33-45(57-60-63)39-14-20-42(21-15-39)54-48(66)9-6-24-51-3/h10-21,25-27,31-33,49-51H,4-9,22-24,28-30H2,1-3H3,(H,52,64)(H,53,65)(H,54,66). The van der Waals surface area contributed by atoms with Crippen LogP contribution in [0.5, 0.6) is 0 Å². The van der Waals surface area contributed by atoms with Crippen LogP contribution in [0.4, 0.5) is 17.1 Å². The Morgan fingerprint density at radius 3 is 0.955 bits per heavy atom. The van der Waals surface area contributed by atoms with Crippen LogP contribution in [-0.4, -0.2) is 103 Å². The number of aromatic nitrogens is 9. The second kappa shape index (κ2) is 23.5. The van der Waals surface area contributed by atoms with Gasteiger partial charge in [0.05, 0.1) is 38.2 Å². The molecule has 0 aliphatic heterocycles. The number of carbonyl (C=O) groups is 3. The van der Waals surface area contributed by atoms with E-state index in [1.165, 1.54) is 0 Å². The highest BCUT2D eigenvalue weighted by atomic mass is 16.2. The van der Waals surface area contributed by atoms with Gasteiger partial charge in [-0.15, -0.1) is 15.3 Å². The zero-order valence-corrected chi connectivity index (χ0v) is 37.6. The molecule has 0 saturated carbocycles. The van der Waals surface area contributed by atoms with E-state index in [4.69, 9.17) is 0 Å². The molecule has 3 heterocycles. The minimum absolute atomic E-state index is 0.0206. The number of carbonyl (C=O) groups excluding carboxylic acids is 3. The zero-order valence-electron chi connectivity index (χ0n) is 37.6. The minimum Gasteiger partial charge on any atom is -0.326 e. The highest BCUT2D eigenvalue weighted by molar-refractivity contribution is 5.92. The summed E-state index contributed by atoms with van der Waals surface area (Å²) in [5.74, 6) is -0.0619. The number of nitrogens with zero attached hydrogens (tertiary/aromatic N) is 9. The first-order chi connectivity index (χ1) is 32.2. The summed E-state index contributed by atoms with van der Waals surface area (Å²) in [4.78, 5) is 37.0. The number of benzene rings is 4. The van der Waals surface area contributed by atoms with Crippen LogP contribution in [0.15, 0.2) is 110 Å². The van der Waals surface area contributed by atoms with Crippen molar-refractivity contribution in [1.82, 2.24) is 60.9 Å². The average Bonchev–Trinajstić information content (AvgIpc) is 4.10. The van der Waals surface area contributed by atoms with E-state index < -0.39 is 0 Å². The lowest BCUT2D eigenvalue weighted by Gasteiger charge is -2.10. The van der Waals surface area contributed by atoms with Crippen molar-refractivity contribution in [3.05, 3.63) is 126 Å². The molecule has 0 fully saturated rings. The lowest BCUT2D eigenvalue weighted by molar-refractivity contribution is -0.117. The Hall–Kier alpha value is -7.41. The largest absolute Gasteiger partial charge is 0.326 e. The van der Waals surface area contributed by atoms with Crippen LogP contribution in [0.1, 0.15) is 55.2 Å². The van der Waals surface area contributed by atoms with Gasteiger partial charge in [-0.25, -0.2) is 14.0 Å². The first-order valence-electron chi connectivity index (χ1n) is 22.2. The molecule has 66 heavy (non-hydrogen) atoms. The quantitative estimate of drug-likeness (QED) is 0.0420. The van der Waals surface area contributed by atoms with E-state index in [9.17, 15) is 14.4 Å². The van der Waals surface area contributed by atoms with Crippen LogP contribution in [-0.2, 0) is 34.0 Å². The fraction of sp³-hybridized carbons (Fsp3) is 0.312. The Balaban J connectivity index is 1.06. The van der Waals surface area contributed by atoms with Crippen LogP contribution < -0.4 is 31.9 Å². The summed E-state index contributed by atoms with van der Waals surface area (Å²) in [6.07, 6.45) is 9.38. The van der Waals surface area contributed by atoms with Gasteiger partial charge >= 0.3 is 0 Å². The van der Waals surface area contributed by atoms with Crippen molar-refractivity contribution >= 4 is 34.8 Å². The third kappa shape index (κ3) is 13.8. The molecule has 6 N–H and O–H groups in total. The molecular formula is C48H57N15O3. The summed E-state index contributed by atoms with van der Waals surface area (Å²) < 4.78 is 5.42. The predicted octanol–water partition coefficient (Wildman–Crippen LogP) is 5.42. The van der Waals surface area contributed by atoms with E-state index in [-0.39, 0.29) is 17.7 Å². The lowest BCUT2D eigenvalue weighted by atomic mass is 10.0. The van der Waals surface area contributed by atoms with E-state index in [0.29, 0.717) is 56.0 Å². The van der Waals surface area contributed by atoms with Gasteiger partial charge in [-0.1, -0.05) is 70.2 Å². The molecule has 7 rings (SSSR count). The molecule has 3 aromatic heterocycles. The molecule has 0 aliphatic carbocycles. The third-order valence-electron chi connectivity index (χ3n) is 10.6. The third-order valence-corrected chi connectivity index (χ3v) is 10.6. The molecule has 0 bridgehead atoms. The zero-order chi connectivity index (χ0) is 46.1. The van der Waals surface area contributed by atoms with Crippen LogP contribution in [0.25, 0.3) is 33.8 Å². The summed E-state index contributed by atoms with van der Waals surface area (Å²) >= 11 is 0. The monoisotopic (exact) mass is 891 g/mol. The second-order valence-electron chi connectivity index (χ2n) is 16.1. The fourth-order valence-corrected chi connectivity index (χ4v) is 7.32. The van der Waals surface area contributed by atoms with Gasteiger partial charge in [0.1, 0.15) is 17.1 Å². The molecule has 0 aliphatic rings. The van der Waals surface area contributed by atoms with Crippen LogP contribution >= 0.6 is 0 Å². The Morgan fingerprint density at radius 1 is 0.424 bits per heavy atom. The SMILES string of the molecule is CNCCCC(=O)Nc1ccc(-c2cn(Cc3cc(Cn4cc(-c5ccc(NC(=O)CCCNC)cc5)nn4)cc(Cn4cc(-c5ccc(NC(=O)CCCNC)cc5)nn4)c3)nn2)cc1. The summed E-state index contributed by atoms with van der Waals surface area (Å²) in [5, 5.41) is 44.8. The van der Waals surface area contributed by atoms with Crippen molar-refractivity contribution in [3.8, 4) is 33.8 Å². The van der Waals surface area contributed by atoms with Crippen LogP contribution in [0.3, 0.4) is 0 Å². The number of hydrogen-bond acceptors (Lipinski definition) is 12. The van der Waals surface area contributed by atoms with Crippen molar-refractivity contribution in [2.45, 2.75) is 58.2 Å². The second-order valence-corrected chi connectivity index (χ2v) is 16.1. The molecule has 18 nitrogen and oxygen atoms in total. The molecule has 0 radical (unpaired) electrons. The minimum atomic E-state index is -0.0206. The van der Waals surface area contributed by atoms with Crippen molar-refractivity contribution in [2.24, 2.45) is 0 Å². The van der Waals surface area contributed by atoms with Gasteiger partial charge in [-0.05, 0) is 113 Å². The summed E-state index contributed by atoms with van der Waals surface area (Å²) in [7, 11) is 5.61. The lowest BCUT2D eigenvalue weighted by Crippen LogP contribution is -2.15. The van der Waals surface area contributed by atoms with E-state index in [1.807, 2.05) is 113 Å². The molecular weight excluding hydrogens is 835 g/mol. The molecule has 7 aromatic rings. The Kier molecular flexibility index (Phi) is 16.6. The first-order valence-corrected chi connectivity index (χ1v) is 22.2. The van der Waals surface area contributed by atoms with E-state index in [0.717, 1.165) is 89.3 Å². The van der Waals surface area contributed by atoms with E-state index in [2.05, 4.69) is 81.0 Å². The van der Waals surface area contributed by atoms with Gasteiger partial charge in [0.2, 0.25) is 17.7 Å². The number of rotatable bonds is 24. The van der Waals surface area contributed by atoms with Gasteiger partial charge in [0.25, 0.3) is 0 Å². The van der Waals surface area contributed by atoms with Gasteiger partial charge in [-0.3, -0.25) is 14.4 Å². The molecule has 4 aromatic carbocycles. The Labute approximate surface area is 384 Å². The Morgan fingerprint density at radius 2 is 0.697 bits per heavy atom. The Bertz CT molecular complexity index is 2350. The number of anilines is 3. The molecule has 0 atom stereocenters. The maximum Gasteiger partial charge on any atom is 0.224 e. The van der Waals surface area contributed by atoms with Crippen molar-refractivity contribution in [1.29, 1.82) is 0 Å². The molecule has 18 heteroatoms. The van der Waals surface area contributed by atoms with Gasteiger partial charge in [-0.2, -0.15) is 0 Å². The smallest absolute Gasteiger partial charge is 0.224 e. The fourth-order valence-electron chi connectivity index (χ4n) is 7.32. The molecule has 342 valence electrons. The van der Waals surface area contributed by atoms with Gasteiger partial charge < -0.3 is 31.9 Å². The maximum absolute atomic E-state index is 12.3. The number of amides is 3. The highest BCUT2D eigenvalue weighted by Crippen LogP contribution is 2.24. The van der Waals surface area contributed by atoms with E-state index in [1.54, 1.807) is 14.0 Å². The summed E-state index contributed by atoms with van der Waals surface area (Å²) in [5.41, 5.74) is 9.98. The normalized spacial score (nSPS) is 11.1. The highest BCUT2D eigenvalue weighted by Gasteiger charge is 2.13.